The van der Waals surface area contributed by atoms with E-state index in [0.717, 1.165) is 0 Å². The fraction of sp³-hybridized carbons (Fsp3) is 0.188. The molecule has 0 bridgehead atoms. The van der Waals surface area contributed by atoms with E-state index in [1.807, 2.05) is 0 Å². The summed E-state index contributed by atoms with van der Waals surface area (Å²) in [6.07, 6.45) is 0. The number of rotatable bonds is 4. The molecule has 0 unspecified atom stereocenters. The number of para-hydroxylation sites is 1. The summed E-state index contributed by atoms with van der Waals surface area (Å²) < 4.78 is 31.6. The summed E-state index contributed by atoms with van der Waals surface area (Å²) in [6, 6.07) is 8.48. The van der Waals surface area contributed by atoms with Gasteiger partial charge < -0.3 is 0 Å². The monoisotopic (exact) mass is 450 g/mol. The molecule has 0 aliphatic rings. The van der Waals surface area contributed by atoms with E-state index in [2.05, 4.69) is 36.1 Å². The molecule has 140 valence electrons. The molecule has 2 heterocycles. The molecule has 0 radical (unpaired) electrons. The van der Waals surface area contributed by atoms with Crippen molar-refractivity contribution in [1.29, 1.82) is 0 Å². The molecule has 11 heteroatoms. The molecule has 4 rings (SSSR count). The maximum absolute atomic E-state index is 12.9. The minimum Gasteiger partial charge on any atom is -0.295 e. The number of imidazole rings is 1. The molecule has 0 saturated heterocycles. The number of aryl methyl sites for hydroxylation is 2. The zero-order valence-electron chi connectivity index (χ0n) is 14.4. The Morgan fingerprint density at radius 1 is 1.15 bits per heavy atom. The molecule has 0 fully saturated rings. The quantitative estimate of drug-likeness (QED) is 0.487. The summed E-state index contributed by atoms with van der Waals surface area (Å²) in [6.45, 7) is 0.0599. The van der Waals surface area contributed by atoms with E-state index in [-0.39, 0.29) is 17.1 Å². The lowest BCUT2D eigenvalue weighted by Gasteiger charge is -2.10. The van der Waals surface area contributed by atoms with Gasteiger partial charge in [0, 0.05) is 25.1 Å². The molecule has 0 saturated carbocycles. The Hall–Kier alpha value is -2.50. The highest BCUT2D eigenvalue weighted by Gasteiger charge is 2.21. The van der Waals surface area contributed by atoms with Gasteiger partial charge in [-0.15, -0.1) is 0 Å². The number of aromatic nitrogens is 5. The van der Waals surface area contributed by atoms with Crippen LogP contribution in [0.2, 0.25) is 0 Å². The van der Waals surface area contributed by atoms with Crippen LogP contribution in [0.15, 0.2) is 44.5 Å². The van der Waals surface area contributed by atoms with E-state index < -0.39 is 10.0 Å². The van der Waals surface area contributed by atoms with Crippen LogP contribution in [-0.2, 0) is 30.7 Å². The van der Waals surface area contributed by atoms with Crippen molar-refractivity contribution in [3.05, 3.63) is 50.9 Å². The van der Waals surface area contributed by atoms with E-state index in [1.54, 1.807) is 38.4 Å². The zero-order valence-corrected chi connectivity index (χ0v) is 16.8. The fourth-order valence-corrected chi connectivity index (χ4v) is 5.08. The van der Waals surface area contributed by atoms with Crippen molar-refractivity contribution in [1.82, 2.24) is 29.3 Å². The largest absolute Gasteiger partial charge is 0.328 e. The van der Waals surface area contributed by atoms with Gasteiger partial charge >= 0.3 is 5.69 Å². The first-order chi connectivity index (χ1) is 12.8. The second-order valence-corrected chi connectivity index (χ2v) is 8.69. The first-order valence-corrected chi connectivity index (χ1v) is 10.2. The summed E-state index contributed by atoms with van der Waals surface area (Å²) in [5, 5.41) is 10.6. The van der Waals surface area contributed by atoms with Crippen molar-refractivity contribution in [3.63, 3.8) is 0 Å². The first kappa shape index (κ1) is 17.9. The Morgan fingerprint density at radius 3 is 2.59 bits per heavy atom. The summed E-state index contributed by atoms with van der Waals surface area (Å²) in [5.74, 6) is 0. The summed E-state index contributed by atoms with van der Waals surface area (Å²) in [7, 11) is -0.587. The molecule has 27 heavy (non-hydrogen) atoms. The highest BCUT2D eigenvalue weighted by molar-refractivity contribution is 9.10. The predicted octanol–water partition coefficient (Wildman–Crippen LogP) is 1.39. The van der Waals surface area contributed by atoms with Gasteiger partial charge in [-0.05, 0) is 39.7 Å². The van der Waals surface area contributed by atoms with Crippen LogP contribution in [0.1, 0.15) is 5.56 Å². The van der Waals surface area contributed by atoms with Crippen LogP contribution >= 0.6 is 15.9 Å². The number of nitrogens with zero attached hydrogens (tertiary/aromatic N) is 4. The second kappa shape index (κ2) is 6.29. The van der Waals surface area contributed by atoms with Gasteiger partial charge in [0.25, 0.3) is 0 Å². The number of sulfonamides is 1. The number of nitrogens with one attached hydrogen (secondary N) is 2. The maximum atomic E-state index is 12.9. The highest BCUT2D eigenvalue weighted by Crippen LogP contribution is 2.27. The minimum absolute atomic E-state index is 0.0588. The Kier molecular flexibility index (Phi) is 4.17. The van der Waals surface area contributed by atoms with E-state index >= 15 is 0 Å². The molecular formula is C16H15BrN6O3S. The minimum atomic E-state index is -3.83. The highest BCUT2D eigenvalue weighted by atomic mass is 79.9. The molecule has 4 aromatic rings. The average molecular weight is 451 g/mol. The van der Waals surface area contributed by atoms with Gasteiger partial charge in [-0.2, -0.15) is 15.4 Å². The number of H-pyrrole nitrogens is 1. The van der Waals surface area contributed by atoms with Crippen molar-refractivity contribution in [2.75, 3.05) is 0 Å². The fourth-order valence-electron chi connectivity index (χ4n) is 3.03. The number of hydrogen-bond donors (Lipinski definition) is 2. The lowest BCUT2D eigenvalue weighted by atomic mass is 10.2. The smallest absolute Gasteiger partial charge is 0.295 e. The lowest BCUT2D eigenvalue weighted by Crippen LogP contribution is -2.24. The molecule has 2 aromatic carbocycles. The SMILES string of the molecule is Cn1c(=O)n(C)c2cc(S(=O)(=O)NCc3cccc4n[nH]nc34)c(Br)cc21. The molecular weight excluding hydrogens is 436 g/mol. The van der Waals surface area contributed by atoms with Crippen LogP contribution in [0.5, 0.6) is 0 Å². The summed E-state index contributed by atoms with van der Waals surface area (Å²) >= 11 is 3.31. The zero-order chi connectivity index (χ0) is 19.3. The van der Waals surface area contributed by atoms with Crippen LogP contribution in [0.25, 0.3) is 22.1 Å². The Bertz CT molecular complexity index is 1350. The maximum Gasteiger partial charge on any atom is 0.328 e. The van der Waals surface area contributed by atoms with Crippen LogP contribution in [0.4, 0.5) is 0 Å². The predicted molar refractivity (Wildman–Crippen MR) is 104 cm³/mol. The van der Waals surface area contributed by atoms with Gasteiger partial charge in [-0.25, -0.2) is 17.9 Å². The van der Waals surface area contributed by atoms with Crippen LogP contribution in [0, 0.1) is 0 Å². The van der Waals surface area contributed by atoms with Crippen molar-refractivity contribution in [2.24, 2.45) is 14.1 Å². The normalized spacial score (nSPS) is 12.3. The number of aromatic amines is 1. The third-order valence-corrected chi connectivity index (χ3v) is 6.86. The van der Waals surface area contributed by atoms with E-state index in [9.17, 15) is 13.2 Å². The first-order valence-electron chi connectivity index (χ1n) is 7.92. The molecule has 0 aliphatic carbocycles. The topological polar surface area (TPSA) is 115 Å². The molecule has 2 N–H and O–H groups in total. The number of fused-ring (bicyclic) bond motifs is 2. The van der Waals surface area contributed by atoms with Gasteiger partial charge in [-0.3, -0.25) is 9.13 Å². The van der Waals surface area contributed by atoms with Gasteiger partial charge in [0.2, 0.25) is 10.0 Å². The molecule has 2 aromatic heterocycles. The molecule has 0 aliphatic heterocycles. The van der Waals surface area contributed by atoms with Gasteiger partial charge in [0.05, 0.1) is 15.9 Å². The number of hydrogen-bond acceptors (Lipinski definition) is 5. The van der Waals surface area contributed by atoms with Gasteiger partial charge in [-0.1, -0.05) is 12.1 Å². The lowest BCUT2D eigenvalue weighted by molar-refractivity contribution is 0.581. The van der Waals surface area contributed by atoms with Crippen LogP contribution < -0.4 is 10.4 Å². The summed E-state index contributed by atoms with van der Waals surface area (Å²) in [4.78, 5) is 12.2. The van der Waals surface area contributed by atoms with Crippen LogP contribution in [0.3, 0.4) is 0 Å². The Balaban J connectivity index is 1.73. The van der Waals surface area contributed by atoms with E-state index in [1.165, 1.54) is 15.2 Å². The molecule has 0 amide bonds. The molecule has 0 spiro atoms. The Labute approximate surface area is 162 Å². The number of benzene rings is 2. The Morgan fingerprint density at radius 2 is 1.85 bits per heavy atom. The molecule has 9 nitrogen and oxygen atoms in total. The van der Waals surface area contributed by atoms with E-state index in [4.69, 9.17) is 0 Å². The number of halogens is 1. The van der Waals surface area contributed by atoms with Crippen molar-refractivity contribution >= 4 is 48.0 Å². The molecule has 0 atom stereocenters. The van der Waals surface area contributed by atoms with Crippen LogP contribution in [-0.4, -0.2) is 33.0 Å². The van der Waals surface area contributed by atoms with Gasteiger partial charge in [0.15, 0.2) is 0 Å². The van der Waals surface area contributed by atoms with E-state index in [0.29, 0.717) is 32.1 Å². The van der Waals surface area contributed by atoms with Gasteiger partial charge in [0.1, 0.15) is 11.0 Å². The van der Waals surface area contributed by atoms with Crippen molar-refractivity contribution < 1.29 is 8.42 Å². The second-order valence-electron chi connectivity index (χ2n) is 6.10. The average Bonchev–Trinajstić information content (AvgIpc) is 3.20. The summed E-state index contributed by atoms with van der Waals surface area (Å²) in [5.41, 5.74) is 2.92. The third-order valence-electron chi connectivity index (χ3n) is 4.50. The standard InChI is InChI=1S/C16H15BrN6O3S/c1-22-12-6-10(17)14(7-13(12)23(2)16(22)24)27(25,26)18-8-9-4-3-5-11-15(9)20-21-19-11/h3-7,18H,8H2,1-2H3,(H,19,20,21). The van der Waals surface area contributed by atoms with Crippen molar-refractivity contribution in [3.8, 4) is 0 Å². The third kappa shape index (κ3) is 2.87. The van der Waals surface area contributed by atoms with Crippen molar-refractivity contribution in [2.45, 2.75) is 11.4 Å².